The van der Waals surface area contributed by atoms with Gasteiger partial charge in [0.15, 0.2) is 16.6 Å². The first-order valence-corrected chi connectivity index (χ1v) is 32.5. The predicted molar refractivity (Wildman–Crippen MR) is 306 cm³/mol. The molecule has 0 aliphatic rings. The van der Waals surface area contributed by atoms with E-state index in [9.17, 15) is 0 Å². The van der Waals surface area contributed by atoms with Crippen LogP contribution in [0.5, 0.6) is 0 Å². The molecule has 0 aliphatic carbocycles. The van der Waals surface area contributed by atoms with E-state index >= 15 is 0 Å². The summed E-state index contributed by atoms with van der Waals surface area (Å²) in [5.41, 5.74) is 1.75. The van der Waals surface area contributed by atoms with Gasteiger partial charge in [0.05, 0.1) is 6.61 Å². The van der Waals surface area contributed by atoms with Gasteiger partial charge in [-0.25, -0.2) is 0 Å². The summed E-state index contributed by atoms with van der Waals surface area (Å²) in [4.78, 5) is 0. The average molecular weight is 924 g/mol. The number of hydrogen-bond donors (Lipinski definition) is 0. The third kappa shape index (κ3) is 45.5. The third-order valence-electron chi connectivity index (χ3n) is 15.0. The fourth-order valence-corrected chi connectivity index (χ4v) is 19.3. The maximum Gasteiger partial charge on any atom is 0.173 e. The second-order valence-corrected chi connectivity index (χ2v) is 29.3. The third-order valence-corrected chi connectivity index (χ3v) is 22.6. The molecular weight excluding hydrogens is 785 g/mol. The van der Waals surface area contributed by atoms with Crippen molar-refractivity contribution < 1.29 is 8.85 Å². The van der Waals surface area contributed by atoms with Crippen LogP contribution < -0.4 is 0 Å². The van der Waals surface area contributed by atoms with Gasteiger partial charge in [-0.2, -0.15) is 0 Å². The van der Waals surface area contributed by atoms with Crippen molar-refractivity contribution in [2.75, 3.05) is 13.2 Å². The zero-order valence-electron chi connectivity index (χ0n) is 45.9. The van der Waals surface area contributed by atoms with Crippen LogP contribution >= 0.6 is 0 Å². The van der Waals surface area contributed by atoms with Gasteiger partial charge in [0, 0.05) is 6.61 Å². The van der Waals surface area contributed by atoms with E-state index in [1.165, 1.54) is 128 Å². The molecule has 3 unspecified atom stereocenters. The van der Waals surface area contributed by atoms with Gasteiger partial charge in [0.1, 0.15) is 0 Å². The van der Waals surface area contributed by atoms with E-state index in [0.29, 0.717) is 16.2 Å². The maximum absolute atomic E-state index is 6.71. The zero-order valence-corrected chi connectivity index (χ0v) is 47.9. The van der Waals surface area contributed by atoms with Crippen LogP contribution in [0.15, 0.2) is 0 Å². The van der Waals surface area contributed by atoms with Crippen molar-refractivity contribution in [3.63, 3.8) is 0 Å². The Balaban J connectivity index is -0.0000000820. The van der Waals surface area contributed by atoms with Gasteiger partial charge in [-0.05, 0) is 110 Å². The minimum Gasteiger partial charge on any atom is -0.455 e. The van der Waals surface area contributed by atoms with Crippen LogP contribution in [0.2, 0.25) is 38.3 Å². The lowest BCUT2D eigenvalue weighted by molar-refractivity contribution is 0.0356. The molecule has 0 rings (SSSR count). The van der Waals surface area contributed by atoms with Crippen LogP contribution in [0.3, 0.4) is 0 Å². The lowest BCUT2D eigenvalue weighted by atomic mass is 9.78. The Morgan fingerprint density at radius 2 is 0.758 bits per heavy atom. The van der Waals surface area contributed by atoms with Gasteiger partial charge < -0.3 is 8.85 Å². The summed E-state index contributed by atoms with van der Waals surface area (Å²) >= 11 is 0. The standard InChI is InChI=1S/C15H36OSi2.C11H24O.C11H24.C9H20.C8H18.4CH4/c1-9-14(4)12-17(5,6)16-18(7,8)13-15(10-2)11-3;1-5-9-12-10-11(6-2,7-3)8-4;1-5-7-10(3)9-11(4)8-6-2;1-5-9(6-2,7-3)8-4;1-5-8(4,6-2)7-3;;;;/h14-15H,9-13H2,1-8H3;5-10H2,1-4H3;10-11H,5-9H2,1-4H3;5-8H2,1-4H3;5-7H2,1-4H3;4*1H4. The topological polar surface area (TPSA) is 18.5 Å². The summed E-state index contributed by atoms with van der Waals surface area (Å²) in [5.74, 6) is 3.59. The fourth-order valence-electron chi connectivity index (χ4n) is 8.73. The normalized spacial score (nSPS) is 12.9. The van der Waals surface area contributed by atoms with E-state index in [1.54, 1.807) is 0 Å². The highest BCUT2D eigenvalue weighted by molar-refractivity contribution is 6.84. The fraction of sp³-hybridized carbons (Fsp3) is 1.00. The number of rotatable bonds is 29. The molecule has 0 fully saturated rings. The SMILES string of the molecule is C.C.C.C.CCC(C)(CC)CC.CCC(C)C[Si](C)(C)O[Si](C)(C)CC(CC)CC.CCC(CC)(CC)CC.CCCC(C)CC(C)CCC.CCCOCC(CC)(CC)CC. The Labute approximate surface area is 405 Å². The Morgan fingerprint density at radius 1 is 0.419 bits per heavy atom. The van der Waals surface area contributed by atoms with E-state index < -0.39 is 16.6 Å². The Hall–Kier alpha value is 0.354. The van der Waals surface area contributed by atoms with Crippen LogP contribution in [0, 0.1) is 39.9 Å². The van der Waals surface area contributed by atoms with Crippen molar-refractivity contribution >= 4 is 16.6 Å². The van der Waals surface area contributed by atoms with E-state index in [1.807, 2.05) is 0 Å². The lowest BCUT2D eigenvalue weighted by Gasteiger charge is -2.37. The molecule has 0 radical (unpaired) electrons. The predicted octanol–water partition coefficient (Wildman–Crippen LogP) is 23.2. The molecule has 4 heteroatoms. The largest absolute Gasteiger partial charge is 0.455 e. The molecule has 2 nitrogen and oxygen atoms in total. The quantitative estimate of drug-likeness (QED) is 0.0550. The van der Waals surface area contributed by atoms with Crippen LogP contribution in [0.1, 0.15) is 290 Å². The molecule has 0 aromatic carbocycles. The first kappa shape index (κ1) is 82.5. The Morgan fingerprint density at radius 3 is 0.984 bits per heavy atom. The smallest absolute Gasteiger partial charge is 0.173 e. The summed E-state index contributed by atoms with van der Waals surface area (Å²) in [6.45, 7) is 57.5. The minimum absolute atomic E-state index is 0. The molecule has 0 amide bonds. The minimum atomic E-state index is -1.46. The second-order valence-electron chi connectivity index (χ2n) is 20.6. The molecule has 0 saturated heterocycles. The van der Waals surface area contributed by atoms with E-state index in [2.05, 4.69) is 165 Å². The van der Waals surface area contributed by atoms with Crippen molar-refractivity contribution in [2.45, 2.75) is 328 Å². The van der Waals surface area contributed by atoms with E-state index in [4.69, 9.17) is 8.85 Å². The van der Waals surface area contributed by atoms with Gasteiger partial charge in [-0.15, -0.1) is 0 Å². The molecule has 0 saturated carbocycles. The highest BCUT2D eigenvalue weighted by atomic mass is 28.4. The molecule has 62 heavy (non-hydrogen) atoms. The van der Waals surface area contributed by atoms with E-state index in [-0.39, 0.29) is 29.7 Å². The molecule has 0 spiro atoms. The maximum atomic E-state index is 6.71. The first-order valence-electron chi connectivity index (χ1n) is 26.3. The molecule has 390 valence electrons. The number of ether oxygens (including phenoxy) is 1. The summed E-state index contributed by atoms with van der Waals surface area (Å²) < 4.78 is 12.3. The molecule has 3 atom stereocenters. The van der Waals surface area contributed by atoms with Gasteiger partial charge in [0.25, 0.3) is 0 Å². The summed E-state index contributed by atoms with van der Waals surface area (Å²) in [6, 6.07) is 2.67. The monoisotopic (exact) mass is 923 g/mol. The molecule has 0 N–H and O–H groups in total. The van der Waals surface area contributed by atoms with Crippen LogP contribution in [-0.4, -0.2) is 29.8 Å². The molecule has 0 bridgehead atoms. The van der Waals surface area contributed by atoms with E-state index in [0.717, 1.165) is 43.3 Å². The highest BCUT2D eigenvalue weighted by Crippen LogP contribution is 2.34. The van der Waals surface area contributed by atoms with Gasteiger partial charge >= 0.3 is 0 Å². The van der Waals surface area contributed by atoms with Crippen molar-refractivity contribution in [1.82, 2.24) is 0 Å². The average Bonchev–Trinajstić information content (AvgIpc) is 3.20. The zero-order chi connectivity index (χ0) is 46.5. The Bertz CT molecular complexity index is 764. The first-order chi connectivity index (χ1) is 27.0. The van der Waals surface area contributed by atoms with Gasteiger partial charge in [-0.1, -0.05) is 258 Å². The molecular formula is C58H138O2Si2. The summed E-state index contributed by atoms with van der Waals surface area (Å²) in [7, 11) is -2.92. The summed E-state index contributed by atoms with van der Waals surface area (Å²) in [5, 5.41) is 0. The number of hydrogen-bond acceptors (Lipinski definition) is 2. The van der Waals surface area contributed by atoms with Crippen molar-refractivity contribution in [1.29, 1.82) is 0 Å². The van der Waals surface area contributed by atoms with Crippen molar-refractivity contribution in [3.8, 4) is 0 Å². The highest BCUT2D eigenvalue weighted by Gasteiger charge is 2.35. The van der Waals surface area contributed by atoms with Crippen LogP contribution in [0.4, 0.5) is 0 Å². The van der Waals surface area contributed by atoms with Crippen molar-refractivity contribution in [3.05, 3.63) is 0 Å². The van der Waals surface area contributed by atoms with Gasteiger partial charge in [0.2, 0.25) is 0 Å². The molecule has 0 aromatic rings. The van der Waals surface area contributed by atoms with Crippen molar-refractivity contribution in [2.24, 2.45) is 39.9 Å². The second kappa shape index (κ2) is 49.3. The summed E-state index contributed by atoms with van der Waals surface area (Å²) in [6.07, 6.45) is 25.0. The van der Waals surface area contributed by atoms with Gasteiger partial charge in [-0.3, -0.25) is 0 Å². The molecule has 0 heterocycles. The Kier molecular flexibility index (Phi) is 65.5. The van der Waals surface area contributed by atoms with Crippen LogP contribution in [-0.2, 0) is 8.85 Å². The van der Waals surface area contributed by atoms with Crippen LogP contribution in [0.25, 0.3) is 0 Å². The molecule has 0 aromatic heterocycles. The lowest BCUT2D eigenvalue weighted by Crippen LogP contribution is -2.46. The molecule has 0 aliphatic heterocycles.